The molecule has 0 heterocycles. The first kappa shape index (κ1) is 17.2. The lowest BCUT2D eigenvalue weighted by molar-refractivity contribution is -0.138. The highest BCUT2D eigenvalue weighted by molar-refractivity contribution is 7.92. The fourth-order valence-electron chi connectivity index (χ4n) is 1.45. The Bertz CT molecular complexity index is 642. The number of carbonyl (C=O) groups is 1. The van der Waals surface area contributed by atoms with Gasteiger partial charge in [0.25, 0.3) is 0 Å². The van der Waals surface area contributed by atoms with E-state index in [1.54, 1.807) is 0 Å². The van der Waals surface area contributed by atoms with Gasteiger partial charge in [-0.1, -0.05) is 6.07 Å². The summed E-state index contributed by atoms with van der Waals surface area (Å²) in [6, 6.07) is 2.75. The summed E-state index contributed by atoms with van der Waals surface area (Å²) in [5.41, 5.74) is -0.626. The van der Waals surface area contributed by atoms with Crippen molar-refractivity contribution in [3.8, 4) is 0 Å². The smallest absolute Gasteiger partial charge is 0.404 e. The van der Waals surface area contributed by atoms with E-state index in [9.17, 15) is 30.8 Å². The van der Waals surface area contributed by atoms with Gasteiger partial charge in [-0.3, -0.25) is 9.52 Å². The monoisotopic (exact) mass is 329 g/mol. The molecule has 0 saturated carbocycles. The maximum absolute atomic E-state index is 13.6. The molecule has 0 aliphatic carbocycles. The third kappa shape index (κ3) is 5.21. The second kappa shape index (κ2) is 5.88. The molecule has 21 heavy (non-hydrogen) atoms. The molecule has 0 aromatic heterocycles. The number of aliphatic carboxylic acids is 1. The van der Waals surface area contributed by atoms with Gasteiger partial charge < -0.3 is 5.11 Å². The summed E-state index contributed by atoms with van der Waals surface area (Å²) in [7, 11) is -4.80. The average Bonchev–Trinajstić information content (AvgIpc) is 2.27. The van der Waals surface area contributed by atoms with E-state index in [0.29, 0.717) is 0 Å². The van der Waals surface area contributed by atoms with Crippen molar-refractivity contribution >= 4 is 21.7 Å². The van der Waals surface area contributed by atoms with Gasteiger partial charge in [0.2, 0.25) is 10.0 Å². The molecular formula is C11H11F4NO4S. The van der Waals surface area contributed by atoms with E-state index in [1.165, 1.54) is 11.6 Å². The van der Waals surface area contributed by atoms with Crippen molar-refractivity contribution in [3.63, 3.8) is 0 Å². The second-order valence-electron chi connectivity index (χ2n) is 4.28. The summed E-state index contributed by atoms with van der Waals surface area (Å²) in [5, 5.41) is 8.75. The number of halogens is 4. The highest BCUT2D eigenvalue weighted by Gasteiger charge is 2.35. The Hall–Kier alpha value is -1.84. The third-order valence-corrected chi connectivity index (χ3v) is 3.72. The van der Waals surface area contributed by atoms with E-state index in [-0.39, 0.29) is 5.56 Å². The lowest BCUT2D eigenvalue weighted by Crippen LogP contribution is -2.28. The number of rotatable bonds is 5. The molecule has 0 saturated heterocycles. The van der Waals surface area contributed by atoms with Gasteiger partial charge in [-0.2, -0.15) is 13.2 Å². The van der Waals surface area contributed by atoms with Crippen LogP contribution in [0.5, 0.6) is 0 Å². The summed E-state index contributed by atoms with van der Waals surface area (Å²) in [4.78, 5) is 10.7. The van der Waals surface area contributed by atoms with Crippen LogP contribution in [0.4, 0.5) is 23.2 Å². The maximum Gasteiger partial charge on any atom is 0.404 e. The fourth-order valence-corrected chi connectivity index (χ4v) is 2.45. The SMILES string of the molecule is CC(C(=O)O)c1ccc(NS(=O)(=O)CC(F)(F)F)c(F)c1. The second-order valence-corrected chi connectivity index (χ2v) is 6.00. The first-order valence-corrected chi connectivity index (χ1v) is 7.16. The zero-order chi connectivity index (χ0) is 16.4. The number of sulfonamides is 1. The van der Waals surface area contributed by atoms with Crippen molar-refractivity contribution in [1.82, 2.24) is 0 Å². The molecule has 0 amide bonds. The molecule has 0 aliphatic heterocycles. The van der Waals surface area contributed by atoms with Crippen LogP contribution in [0.2, 0.25) is 0 Å². The Morgan fingerprint density at radius 3 is 2.38 bits per heavy atom. The van der Waals surface area contributed by atoms with Crippen molar-refractivity contribution in [2.24, 2.45) is 0 Å². The largest absolute Gasteiger partial charge is 0.481 e. The Labute approximate surface area is 117 Å². The Morgan fingerprint density at radius 1 is 1.38 bits per heavy atom. The van der Waals surface area contributed by atoms with Gasteiger partial charge in [-0.25, -0.2) is 12.8 Å². The van der Waals surface area contributed by atoms with Crippen LogP contribution in [-0.4, -0.2) is 31.4 Å². The normalized spacial score (nSPS) is 13.8. The lowest BCUT2D eigenvalue weighted by Gasteiger charge is -2.12. The summed E-state index contributed by atoms with van der Waals surface area (Å²) in [6.07, 6.45) is -4.96. The van der Waals surface area contributed by atoms with Gasteiger partial charge in [0.1, 0.15) is 5.82 Å². The van der Waals surface area contributed by atoms with E-state index in [1.807, 2.05) is 0 Å². The molecule has 118 valence electrons. The number of alkyl halides is 3. The number of hydrogen-bond donors (Lipinski definition) is 2. The third-order valence-electron chi connectivity index (χ3n) is 2.48. The molecule has 0 bridgehead atoms. The van der Waals surface area contributed by atoms with Crippen molar-refractivity contribution in [1.29, 1.82) is 0 Å². The predicted octanol–water partition coefficient (Wildman–Crippen LogP) is 2.32. The van der Waals surface area contributed by atoms with Gasteiger partial charge >= 0.3 is 12.1 Å². The van der Waals surface area contributed by atoms with Crippen LogP contribution in [0, 0.1) is 5.82 Å². The van der Waals surface area contributed by atoms with Crippen molar-refractivity contribution in [3.05, 3.63) is 29.6 Å². The lowest BCUT2D eigenvalue weighted by atomic mass is 10.0. The van der Waals surface area contributed by atoms with Crippen molar-refractivity contribution in [2.45, 2.75) is 19.0 Å². The topological polar surface area (TPSA) is 83.5 Å². The minimum atomic E-state index is -4.96. The molecule has 0 aliphatic rings. The number of carboxylic acids is 1. The molecule has 0 spiro atoms. The number of anilines is 1. The standard InChI is InChI=1S/C11H11F4NO4S/c1-6(10(17)18)7-2-3-9(8(12)4-7)16-21(19,20)5-11(13,14)15/h2-4,6,16H,5H2,1H3,(H,17,18). The molecule has 1 aromatic rings. The quantitative estimate of drug-likeness (QED) is 0.812. The average molecular weight is 329 g/mol. The van der Waals surface area contributed by atoms with Crippen LogP contribution >= 0.6 is 0 Å². The first-order valence-electron chi connectivity index (χ1n) is 5.51. The van der Waals surface area contributed by atoms with Gasteiger partial charge in [-0.05, 0) is 24.6 Å². The molecule has 1 atom stereocenters. The van der Waals surface area contributed by atoms with Crippen LogP contribution in [-0.2, 0) is 14.8 Å². The molecule has 10 heteroatoms. The van der Waals surface area contributed by atoms with E-state index in [0.717, 1.165) is 18.2 Å². The number of nitrogens with one attached hydrogen (secondary N) is 1. The van der Waals surface area contributed by atoms with Crippen molar-refractivity contribution < 1.29 is 35.9 Å². The number of carboxylic acid groups (broad SMARTS) is 1. The highest BCUT2D eigenvalue weighted by Crippen LogP contribution is 2.24. The van der Waals surface area contributed by atoms with E-state index >= 15 is 0 Å². The van der Waals surface area contributed by atoms with Crippen LogP contribution in [0.1, 0.15) is 18.4 Å². The molecule has 1 unspecified atom stereocenters. The number of benzene rings is 1. The molecule has 1 rings (SSSR count). The Balaban J connectivity index is 2.99. The van der Waals surface area contributed by atoms with Crippen LogP contribution < -0.4 is 4.72 Å². The Kier molecular flexibility index (Phi) is 4.82. The number of hydrogen-bond acceptors (Lipinski definition) is 3. The Morgan fingerprint density at radius 2 is 1.95 bits per heavy atom. The molecule has 0 fully saturated rings. The minimum Gasteiger partial charge on any atom is -0.481 e. The molecule has 2 N–H and O–H groups in total. The van der Waals surface area contributed by atoms with Gasteiger partial charge in [0.15, 0.2) is 5.75 Å². The molecule has 1 aromatic carbocycles. The van der Waals surface area contributed by atoms with Crippen LogP contribution in [0.15, 0.2) is 18.2 Å². The first-order chi connectivity index (χ1) is 9.41. The minimum absolute atomic E-state index is 0.0544. The zero-order valence-electron chi connectivity index (χ0n) is 10.6. The van der Waals surface area contributed by atoms with Gasteiger partial charge in [0, 0.05) is 0 Å². The van der Waals surface area contributed by atoms with E-state index in [4.69, 9.17) is 5.11 Å². The summed E-state index contributed by atoms with van der Waals surface area (Å²) in [6.45, 7) is 1.28. The summed E-state index contributed by atoms with van der Waals surface area (Å²) < 4.78 is 73.6. The molecular weight excluding hydrogens is 318 g/mol. The van der Waals surface area contributed by atoms with Gasteiger partial charge in [0.05, 0.1) is 11.6 Å². The summed E-state index contributed by atoms with van der Waals surface area (Å²) in [5.74, 6) is -5.57. The van der Waals surface area contributed by atoms with E-state index < -0.39 is 45.3 Å². The van der Waals surface area contributed by atoms with Crippen LogP contribution in [0.3, 0.4) is 0 Å². The van der Waals surface area contributed by atoms with E-state index in [2.05, 4.69) is 0 Å². The van der Waals surface area contributed by atoms with Crippen molar-refractivity contribution in [2.75, 3.05) is 10.5 Å². The maximum atomic E-state index is 13.6. The highest BCUT2D eigenvalue weighted by atomic mass is 32.2. The summed E-state index contributed by atoms with van der Waals surface area (Å²) >= 11 is 0. The fraction of sp³-hybridized carbons (Fsp3) is 0.364. The molecule has 5 nitrogen and oxygen atoms in total. The van der Waals surface area contributed by atoms with Crippen LogP contribution in [0.25, 0.3) is 0 Å². The zero-order valence-corrected chi connectivity index (χ0v) is 11.4. The predicted molar refractivity (Wildman–Crippen MR) is 65.9 cm³/mol. The van der Waals surface area contributed by atoms with Gasteiger partial charge in [-0.15, -0.1) is 0 Å². The molecule has 0 radical (unpaired) electrons.